The molecule has 3 rings (SSSR count). The number of hydrogen-bond acceptors (Lipinski definition) is 5. The minimum absolute atomic E-state index is 0.338. The normalized spacial score (nSPS) is 13.8. The van der Waals surface area contributed by atoms with Crippen LogP contribution in [0.3, 0.4) is 0 Å². The minimum atomic E-state index is -0.494. The molecule has 0 aromatic carbocycles. The third kappa shape index (κ3) is 2.44. The molecule has 1 aliphatic rings. The quantitative estimate of drug-likeness (QED) is 0.908. The number of nitrogens with two attached hydrogens (primary N) is 1. The Morgan fingerprint density at radius 3 is 2.81 bits per heavy atom. The molecule has 2 aromatic heterocycles. The van der Waals surface area contributed by atoms with E-state index in [1.54, 1.807) is 6.92 Å². The second-order valence-corrected chi connectivity index (χ2v) is 6.15. The van der Waals surface area contributed by atoms with Crippen LogP contribution in [0.1, 0.15) is 49.7 Å². The Labute approximate surface area is 125 Å². The molecule has 1 aliphatic carbocycles. The van der Waals surface area contributed by atoms with Gasteiger partial charge in [0.25, 0.3) is 11.8 Å². The summed E-state index contributed by atoms with van der Waals surface area (Å²) in [5.41, 5.74) is 7.81. The summed E-state index contributed by atoms with van der Waals surface area (Å²) < 4.78 is 4.76. The number of thiophene rings is 1. The van der Waals surface area contributed by atoms with Crippen molar-refractivity contribution in [2.45, 2.75) is 32.6 Å². The molecule has 0 atom stereocenters. The summed E-state index contributed by atoms with van der Waals surface area (Å²) in [4.78, 5) is 25.1. The molecule has 0 bridgehead atoms. The predicted molar refractivity (Wildman–Crippen MR) is 78.7 cm³/mol. The van der Waals surface area contributed by atoms with Crippen LogP contribution in [-0.2, 0) is 12.8 Å². The highest BCUT2D eigenvalue weighted by molar-refractivity contribution is 7.17. The standard InChI is InChI=1S/C14H15N3O3S/c1-7-9(6-20-17-7)13(19)16-14-11(12(15)18)8-4-2-3-5-10(8)21-14/h6H,2-5H2,1H3,(H2,15,18)(H,16,19). The number of nitrogens with zero attached hydrogens (tertiary/aromatic N) is 1. The highest BCUT2D eigenvalue weighted by atomic mass is 32.1. The number of amides is 2. The second-order valence-electron chi connectivity index (χ2n) is 5.05. The van der Waals surface area contributed by atoms with Crippen molar-refractivity contribution < 1.29 is 14.1 Å². The van der Waals surface area contributed by atoms with Crippen molar-refractivity contribution in [3.8, 4) is 0 Å². The van der Waals surface area contributed by atoms with E-state index >= 15 is 0 Å². The Morgan fingerprint density at radius 2 is 2.14 bits per heavy atom. The smallest absolute Gasteiger partial charge is 0.261 e. The van der Waals surface area contributed by atoms with Gasteiger partial charge in [0.05, 0.1) is 11.3 Å². The molecule has 0 fully saturated rings. The molecule has 3 N–H and O–H groups in total. The first-order valence-electron chi connectivity index (χ1n) is 6.74. The van der Waals surface area contributed by atoms with Gasteiger partial charge in [-0.25, -0.2) is 0 Å². The van der Waals surface area contributed by atoms with E-state index in [1.165, 1.54) is 17.6 Å². The van der Waals surface area contributed by atoms with Crippen LogP contribution in [0.25, 0.3) is 0 Å². The van der Waals surface area contributed by atoms with Gasteiger partial charge in [-0.3, -0.25) is 9.59 Å². The van der Waals surface area contributed by atoms with Crippen molar-refractivity contribution in [2.24, 2.45) is 5.73 Å². The number of aromatic nitrogens is 1. The van der Waals surface area contributed by atoms with Crippen LogP contribution in [0.5, 0.6) is 0 Å². The first-order valence-corrected chi connectivity index (χ1v) is 7.56. The van der Waals surface area contributed by atoms with E-state index in [1.807, 2.05) is 0 Å². The van der Waals surface area contributed by atoms with E-state index in [9.17, 15) is 9.59 Å². The molecule has 110 valence electrons. The van der Waals surface area contributed by atoms with Crippen molar-refractivity contribution in [1.82, 2.24) is 5.16 Å². The molecule has 0 radical (unpaired) electrons. The third-order valence-electron chi connectivity index (χ3n) is 3.64. The van der Waals surface area contributed by atoms with Gasteiger partial charge in [-0.05, 0) is 38.2 Å². The SMILES string of the molecule is Cc1nocc1C(=O)Nc1sc2c(c1C(N)=O)CCCC2. The topological polar surface area (TPSA) is 98.2 Å². The van der Waals surface area contributed by atoms with Gasteiger partial charge in [-0.2, -0.15) is 0 Å². The number of anilines is 1. The average Bonchev–Trinajstić information content (AvgIpc) is 3.01. The van der Waals surface area contributed by atoms with Gasteiger partial charge in [-0.1, -0.05) is 5.16 Å². The lowest BCUT2D eigenvalue weighted by molar-refractivity contribution is 0.100. The van der Waals surface area contributed by atoms with Crippen LogP contribution in [0.4, 0.5) is 5.00 Å². The van der Waals surface area contributed by atoms with E-state index < -0.39 is 5.91 Å². The van der Waals surface area contributed by atoms with Gasteiger partial charge in [0.2, 0.25) is 0 Å². The van der Waals surface area contributed by atoms with Gasteiger partial charge in [0.1, 0.15) is 16.8 Å². The van der Waals surface area contributed by atoms with Crippen LogP contribution in [0.15, 0.2) is 10.8 Å². The van der Waals surface area contributed by atoms with Gasteiger partial charge in [0, 0.05) is 4.88 Å². The number of carbonyl (C=O) groups is 2. The molecule has 6 nitrogen and oxygen atoms in total. The fourth-order valence-electron chi connectivity index (χ4n) is 2.60. The van der Waals surface area contributed by atoms with E-state index in [0.29, 0.717) is 21.8 Å². The predicted octanol–water partition coefficient (Wildman–Crippen LogP) is 2.27. The van der Waals surface area contributed by atoms with E-state index in [-0.39, 0.29) is 5.91 Å². The van der Waals surface area contributed by atoms with Gasteiger partial charge >= 0.3 is 0 Å². The first-order chi connectivity index (χ1) is 10.1. The molecule has 2 aromatic rings. The van der Waals surface area contributed by atoms with Crippen LogP contribution in [0.2, 0.25) is 0 Å². The molecule has 7 heteroatoms. The summed E-state index contributed by atoms with van der Waals surface area (Å²) in [6, 6.07) is 0. The second kappa shape index (κ2) is 5.33. The summed E-state index contributed by atoms with van der Waals surface area (Å²) in [6.07, 6.45) is 5.21. The van der Waals surface area contributed by atoms with Crippen LogP contribution >= 0.6 is 11.3 Å². The molecule has 2 amide bonds. The van der Waals surface area contributed by atoms with Crippen molar-refractivity contribution >= 4 is 28.2 Å². The van der Waals surface area contributed by atoms with Gasteiger partial charge < -0.3 is 15.6 Å². The minimum Gasteiger partial charge on any atom is -0.365 e. The molecular weight excluding hydrogens is 290 g/mol. The molecular formula is C14H15N3O3S. The molecule has 0 saturated heterocycles. The number of rotatable bonds is 3. The maximum atomic E-state index is 12.2. The Kier molecular flexibility index (Phi) is 3.50. The van der Waals surface area contributed by atoms with Crippen LogP contribution < -0.4 is 11.1 Å². The summed E-state index contributed by atoms with van der Waals surface area (Å²) in [5.74, 6) is -0.832. The lowest BCUT2D eigenvalue weighted by Crippen LogP contribution is -2.18. The van der Waals surface area contributed by atoms with Crippen molar-refractivity contribution in [3.05, 3.63) is 33.5 Å². The summed E-state index contributed by atoms with van der Waals surface area (Å²) in [5, 5.41) is 6.98. The summed E-state index contributed by atoms with van der Waals surface area (Å²) >= 11 is 1.44. The molecule has 0 saturated carbocycles. The zero-order valence-electron chi connectivity index (χ0n) is 11.6. The zero-order valence-corrected chi connectivity index (χ0v) is 12.4. The number of hydrogen-bond donors (Lipinski definition) is 2. The molecule has 0 aliphatic heterocycles. The zero-order chi connectivity index (χ0) is 15.0. The van der Waals surface area contributed by atoms with E-state index in [0.717, 1.165) is 36.1 Å². The number of carbonyl (C=O) groups excluding carboxylic acids is 2. The van der Waals surface area contributed by atoms with E-state index in [2.05, 4.69) is 10.5 Å². The molecule has 0 unspecified atom stereocenters. The summed E-state index contributed by atoms with van der Waals surface area (Å²) in [6.45, 7) is 1.69. The fourth-order valence-corrected chi connectivity index (χ4v) is 3.89. The molecule has 21 heavy (non-hydrogen) atoms. The van der Waals surface area contributed by atoms with Crippen molar-refractivity contribution in [2.75, 3.05) is 5.32 Å². The van der Waals surface area contributed by atoms with Crippen LogP contribution in [0, 0.1) is 6.92 Å². The number of fused-ring (bicyclic) bond motifs is 1. The number of primary amides is 1. The van der Waals surface area contributed by atoms with Gasteiger partial charge in [0.15, 0.2) is 0 Å². The largest absolute Gasteiger partial charge is 0.365 e. The maximum absolute atomic E-state index is 12.2. The third-order valence-corrected chi connectivity index (χ3v) is 4.85. The highest BCUT2D eigenvalue weighted by Gasteiger charge is 2.25. The fraction of sp³-hybridized carbons (Fsp3) is 0.357. The Hall–Kier alpha value is -2.15. The number of nitrogens with one attached hydrogen (secondary N) is 1. The lowest BCUT2D eigenvalue weighted by atomic mass is 9.95. The summed E-state index contributed by atoms with van der Waals surface area (Å²) in [7, 11) is 0. The molecule has 2 heterocycles. The number of aryl methyl sites for hydroxylation is 2. The van der Waals surface area contributed by atoms with Crippen molar-refractivity contribution in [1.29, 1.82) is 0 Å². The maximum Gasteiger partial charge on any atom is 0.261 e. The highest BCUT2D eigenvalue weighted by Crippen LogP contribution is 2.38. The first kappa shape index (κ1) is 13.8. The van der Waals surface area contributed by atoms with Crippen LogP contribution in [-0.4, -0.2) is 17.0 Å². The Morgan fingerprint density at radius 1 is 1.38 bits per heavy atom. The Bertz CT molecular complexity index is 717. The van der Waals surface area contributed by atoms with E-state index in [4.69, 9.17) is 10.3 Å². The Balaban J connectivity index is 1.95. The van der Waals surface area contributed by atoms with Gasteiger partial charge in [-0.15, -0.1) is 11.3 Å². The monoisotopic (exact) mass is 305 g/mol. The van der Waals surface area contributed by atoms with Crippen molar-refractivity contribution in [3.63, 3.8) is 0 Å². The average molecular weight is 305 g/mol. The molecule has 0 spiro atoms. The lowest BCUT2D eigenvalue weighted by Gasteiger charge is -2.11.